The fraction of sp³-hybridized carbons (Fsp3) is 0.458. The lowest BCUT2D eigenvalue weighted by Crippen LogP contribution is -2.50. The minimum absolute atomic E-state index is 0.151. The first-order valence-electron chi connectivity index (χ1n) is 11.5. The van der Waals surface area contributed by atoms with E-state index in [1.165, 1.54) is 15.3 Å². The molecule has 8 nitrogen and oxygen atoms in total. The lowest BCUT2D eigenvalue weighted by Gasteiger charge is -2.36. The number of aliphatic hydroxyl groups excluding tert-OH is 1. The number of hydrogen-bond donors (Lipinski definition) is 1. The Morgan fingerprint density at radius 1 is 1.14 bits per heavy atom. The van der Waals surface area contributed by atoms with E-state index in [-0.39, 0.29) is 24.9 Å². The number of hydrogen-bond acceptors (Lipinski definition) is 6. The molecular formula is C24H29ClN2O6S2. The molecule has 2 atom stereocenters. The van der Waals surface area contributed by atoms with Crippen LogP contribution in [0.2, 0.25) is 5.02 Å². The lowest BCUT2D eigenvalue weighted by atomic mass is 10.0. The summed E-state index contributed by atoms with van der Waals surface area (Å²) in [6, 6.07) is 10.3. The Morgan fingerprint density at radius 3 is 2.43 bits per heavy atom. The zero-order chi connectivity index (χ0) is 25.4. The van der Waals surface area contributed by atoms with Gasteiger partial charge >= 0.3 is 0 Å². The number of benzene rings is 2. The number of amides is 1. The summed E-state index contributed by atoms with van der Waals surface area (Å²) in [5.41, 5.74) is 0.488. The fourth-order valence-electron chi connectivity index (χ4n) is 4.95. The maximum Gasteiger partial charge on any atom is 0.252 e. The van der Waals surface area contributed by atoms with Gasteiger partial charge in [0.15, 0.2) is 9.84 Å². The number of sulfone groups is 1. The number of fused-ring (bicyclic) bond motifs is 1. The Kier molecular flexibility index (Phi) is 7.59. The molecule has 35 heavy (non-hydrogen) atoms. The molecular weight excluding hydrogens is 512 g/mol. The molecule has 0 radical (unpaired) electrons. The van der Waals surface area contributed by atoms with Crippen LogP contribution in [0.1, 0.15) is 30.1 Å². The van der Waals surface area contributed by atoms with Crippen LogP contribution >= 0.6 is 11.6 Å². The van der Waals surface area contributed by atoms with Crippen molar-refractivity contribution >= 4 is 48.1 Å². The normalized spacial score (nSPS) is 21.1. The van der Waals surface area contributed by atoms with Crippen molar-refractivity contribution in [2.75, 3.05) is 31.1 Å². The molecule has 2 aromatic carbocycles. The van der Waals surface area contributed by atoms with Gasteiger partial charge in [0.25, 0.3) is 5.91 Å². The smallest absolute Gasteiger partial charge is 0.252 e. The van der Waals surface area contributed by atoms with Crippen molar-refractivity contribution in [2.24, 2.45) is 0 Å². The number of sulfonamides is 1. The van der Waals surface area contributed by atoms with Crippen LogP contribution in [0.3, 0.4) is 0 Å². The highest BCUT2D eigenvalue weighted by molar-refractivity contribution is 7.91. The molecule has 2 fully saturated rings. The molecule has 190 valence electrons. The Balaban J connectivity index is 1.41. The number of carbonyl (C=O) groups is 1. The molecule has 2 aromatic rings. The van der Waals surface area contributed by atoms with Gasteiger partial charge in [-0.1, -0.05) is 35.9 Å². The van der Waals surface area contributed by atoms with E-state index in [0.717, 1.165) is 10.8 Å². The second-order valence-corrected chi connectivity index (χ2v) is 13.7. The Hall–Kier alpha value is -1.98. The Bertz CT molecular complexity index is 1340. The second kappa shape index (κ2) is 10.2. The van der Waals surface area contributed by atoms with E-state index >= 15 is 0 Å². The number of carbonyl (C=O) groups excluding carboxylic acids is 1. The number of halogens is 1. The van der Waals surface area contributed by atoms with E-state index in [1.807, 2.05) is 0 Å². The van der Waals surface area contributed by atoms with Gasteiger partial charge in [-0.25, -0.2) is 16.8 Å². The lowest BCUT2D eigenvalue weighted by molar-refractivity contribution is -0.140. The summed E-state index contributed by atoms with van der Waals surface area (Å²) in [4.78, 5) is 14.2. The summed E-state index contributed by atoms with van der Waals surface area (Å²) < 4.78 is 52.1. The molecule has 0 bridgehead atoms. The molecule has 2 heterocycles. The highest BCUT2D eigenvalue weighted by atomic mass is 35.5. The van der Waals surface area contributed by atoms with Gasteiger partial charge in [-0.15, -0.1) is 6.58 Å². The van der Waals surface area contributed by atoms with Crippen LogP contribution in [0.5, 0.6) is 0 Å². The zero-order valence-electron chi connectivity index (χ0n) is 19.2. The predicted molar refractivity (Wildman–Crippen MR) is 136 cm³/mol. The molecule has 11 heteroatoms. The van der Waals surface area contributed by atoms with Gasteiger partial charge < -0.3 is 10.0 Å². The van der Waals surface area contributed by atoms with Gasteiger partial charge in [-0.05, 0) is 53.8 Å². The summed E-state index contributed by atoms with van der Waals surface area (Å²) in [6.45, 7) is 4.70. The molecule has 0 spiro atoms. The summed E-state index contributed by atoms with van der Waals surface area (Å²) in [5.74, 6) is -1.24. The number of aliphatic hydroxyl groups is 1. The standard InChI is InChI=1S/C24H29ClN2O6S2/c1-2-23(19-5-4-18-15-20(25)7-6-17(18)14-19)34(30,31)16-22(28)24(29)26-11-8-21(9-12-26)27-10-3-13-35(27,32)33/h2,4-7,14-15,21-23,28H,1,3,8-13,16H2/t22-,23?/m1/s1. The van der Waals surface area contributed by atoms with E-state index in [1.54, 1.807) is 36.4 Å². The SMILES string of the molecule is C=CC(c1ccc2cc(Cl)ccc2c1)S(=O)(=O)C[C@@H](O)C(=O)N1CCC(N2CCCS2(=O)=O)CC1. The quantitative estimate of drug-likeness (QED) is 0.540. The molecule has 4 rings (SSSR count). The zero-order valence-corrected chi connectivity index (χ0v) is 21.6. The molecule has 1 N–H and O–H groups in total. The van der Waals surface area contributed by atoms with Gasteiger partial charge in [0.1, 0.15) is 11.4 Å². The number of nitrogens with zero attached hydrogens (tertiary/aromatic N) is 2. The van der Waals surface area contributed by atoms with E-state index < -0.39 is 42.9 Å². The summed E-state index contributed by atoms with van der Waals surface area (Å²) in [5, 5.41) is 11.7. The van der Waals surface area contributed by atoms with Crippen LogP contribution in [-0.4, -0.2) is 80.3 Å². The Labute approximate surface area is 211 Å². The molecule has 0 aliphatic carbocycles. The largest absolute Gasteiger partial charge is 0.382 e. The van der Waals surface area contributed by atoms with Crippen molar-refractivity contribution in [3.05, 3.63) is 59.6 Å². The van der Waals surface area contributed by atoms with Gasteiger partial charge in [-0.3, -0.25) is 4.79 Å². The monoisotopic (exact) mass is 540 g/mol. The fourth-order valence-corrected chi connectivity index (χ4v) is 8.58. The average Bonchev–Trinajstić information content (AvgIpc) is 3.17. The topological polar surface area (TPSA) is 112 Å². The third kappa shape index (κ3) is 5.56. The average molecular weight is 541 g/mol. The third-order valence-electron chi connectivity index (χ3n) is 6.75. The van der Waals surface area contributed by atoms with Gasteiger partial charge in [0, 0.05) is 30.7 Å². The molecule has 2 saturated heterocycles. The van der Waals surface area contributed by atoms with Gasteiger partial charge in [-0.2, -0.15) is 4.31 Å². The molecule has 1 amide bonds. The molecule has 0 saturated carbocycles. The molecule has 2 aliphatic rings. The van der Waals surface area contributed by atoms with Gasteiger partial charge in [0.2, 0.25) is 10.0 Å². The van der Waals surface area contributed by atoms with E-state index in [2.05, 4.69) is 6.58 Å². The van der Waals surface area contributed by atoms with Crippen LogP contribution in [0.4, 0.5) is 0 Å². The maximum absolute atomic E-state index is 13.2. The van der Waals surface area contributed by atoms with Crippen LogP contribution < -0.4 is 0 Å². The molecule has 1 unspecified atom stereocenters. The van der Waals surface area contributed by atoms with Crippen molar-refractivity contribution in [3.63, 3.8) is 0 Å². The first kappa shape index (κ1) is 26.1. The van der Waals surface area contributed by atoms with Crippen molar-refractivity contribution in [2.45, 2.75) is 36.7 Å². The van der Waals surface area contributed by atoms with E-state index in [0.29, 0.717) is 36.4 Å². The first-order valence-corrected chi connectivity index (χ1v) is 15.2. The van der Waals surface area contributed by atoms with Gasteiger partial charge in [0.05, 0.1) is 11.5 Å². The number of rotatable bonds is 7. The van der Waals surface area contributed by atoms with Crippen molar-refractivity contribution < 1.29 is 26.7 Å². The first-order chi connectivity index (χ1) is 16.5. The van der Waals surface area contributed by atoms with Crippen LogP contribution in [-0.2, 0) is 24.7 Å². The second-order valence-electron chi connectivity index (χ2n) is 9.09. The summed E-state index contributed by atoms with van der Waals surface area (Å²) in [7, 11) is -7.19. The van der Waals surface area contributed by atoms with Crippen molar-refractivity contribution in [1.82, 2.24) is 9.21 Å². The summed E-state index contributed by atoms with van der Waals surface area (Å²) in [6.07, 6.45) is 1.11. The number of likely N-dealkylation sites (tertiary alicyclic amines) is 1. The van der Waals surface area contributed by atoms with Crippen LogP contribution in [0.15, 0.2) is 49.1 Å². The Morgan fingerprint density at radius 2 is 1.80 bits per heavy atom. The highest BCUT2D eigenvalue weighted by Crippen LogP contribution is 2.30. The molecule has 0 aromatic heterocycles. The predicted octanol–water partition coefficient (Wildman–Crippen LogP) is 2.52. The highest BCUT2D eigenvalue weighted by Gasteiger charge is 2.38. The minimum atomic E-state index is -3.95. The molecule has 2 aliphatic heterocycles. The van der Waals surface area contributed by atoms with E-state index in [4.69, 9.17) is 11.6 Å². The van der Waals surface area contributed by atoms with Crippen molar-refractivity contribution in [1.29, 1.82) is 0 Å². The number of piperidine rings is 1. The third-order valence-corrected chi connectivity index (χ3v) is 11.0. The summed E-state index contributed by atoms with van der Waals surface area (Å²) >= 11 is 6.02. The van der Waals surface area contributed by atoms with Crippen LogP contribution in [0.25, 0.3) is 10.8 Å². The van der Waals surface area contributed by atoms with E-state index in [9.17, 15) is 26.7 Å². The maximum atomic E-state index is 13.2. The van der Waals surface area contributed by atoms with Crippen LogP contribution in [0, 0.1) is 0 Å². The van der Waals surface area contributed by atoms with Crippen molar-refractivity contribution in [3.8, 4) is 0 Å². The minimum Gasteiger partial charge on any atom is -0.382 e.